The highest BCUT2D eigenvalue weighted by Crippen LogP contribution is 2.37. The van der Waals surface area contributed by atoms with Gasteiger partial charge >= 0.3 is 6.18 Å². The number of halogens is 5. The van der Waals surface area contributed by atoms with Gasteiger partial charge in [0.2, 0.25) is 0 Å². The molecule has 0 saturated heterocycles. The topological polar surface area (TPSA) is 17.8 Å². The Morgan fingerprint density at radius 1 is 1.32 bits per heavy atom. The smallest absolute Gasteiger partial charge is 0.324 e. The first-order valence-electron chi connectivity index (χ1n) is 7.08. The van der Waals surface area contributed by atoms with Crippen molar-refractivity contribution in [2.24, 2.45) is 11.8 Å². The minimum Gasteiger partial charge on any atom is -0.324 e. The van der Waals surface area contributed by atoms with Crippen LogP contribution in [0.25, 0.3) is 11.0 Å². The second-order valence-electron chi connectivity index (χ2n) is 6.09. The van der Waals surface area contributed by atoms with E-state index in [0.29, 0.717) is 6.20 Å². The Bertz CT molecular complexity index is 717. The van der Waals surface area contributed by atoms with E-state index in [-0.39, 0.29) is 41.5 Å². The van der Waals surface area contributed by atoms with Crippen molar-refractivity contribution in [3.8, 4) is 0 Å². The molecule has 2 unspecified atom stereocenters. The molecule has 0 aliphatic carbocycles. The Hall–Kier alpha value is -1.66. The summed E-state index contributed by atoms with van der Waals surface area (Å²) in [7, 11) is 0. The van der Waals surface area contributed by atoms with Crippen molar-refractivity contribution in [2.45, 2.75) is 39.2 Å². The van der Waals surface area contributed by atoms with Gasteiger partial charge in [-0.1, -0.05) is 13.8 Å². The van der Waals surface area contributed by atoms with Gasteiger partial charge in [0.1, 0.15) is 11.8 Å². The van der Waals surface area contributed by atoms with E-state index in [1.54, 1.807) is 0 Å². The van der Waals surface area contributed by atoms with Crippen LogP contribution in [-0.2, 0) is 19.1 Å². The summed E-state index contributed by atoms with van der Waals surface area (Å²) in [5, 5.41) is -0.193. The summed E-state index contributed by atoms with van der Waals surface area (Å²) in [6.45, 7) is 3.64. The van der Waals surface area contributed by atoms with Gasteiger partial charge in [-0.05, 0) is 24.3 Å². The third-order valence-electron chi connectivity index (χ3n) is 4.37. The molecule has 1 aliphatic heterocycles. The molecule has 0 saturated carbocycles. The lowest BCUT2D eigenvalue weighted by Gasteiger charge is -2.30. The van der Waals surface area contributed by atoms with E-state index in [9.17, 15) is 22.0 Å². The molecule has 7 heteroatoms. The van der Waals surface area contributed by atoms with Crippen LogP contribution in [0.15, 0.2) is 12.3 Å². The number of fused-ring (bicyclic) bond motifs is 3. The lowest BCUT2D eigenvalue weighted by molar-refractivity contribution is -0.137. The number of nitrogens with zero attached hydrogens (tertiary/aromatic N) is 2. The Balaban J connectivity index is 2.15. The molecule has 0 amide bonds. The van der Waals surface area contributed by atoms with Crippen LogP contribution in [0.2, 0.25) is 0 Å². The summed E-state index contributed by atoms with van der Waals surface area (Å²) in [6.07, 6.45) is -4.91. The summed E-state index contributed by atoms with van der Waals surface area (Å²) < 4.78 is 68.3. The molecular weight excluding hydrogens is 303 g/mol. The number of hydrogen-bond acceptors (Lipinski definition) is 1. The van der Waals surface area contributed by atoms with Gasteiger partial charge in [0.15, 0.2) is 5.82 Å². The fourth-order valence-corrected chi connectivity index (χ4v) is 3.10. The fraction of sp³-hybridized carbons (Fsp3) is 0.533. The van der Waals surface area contributed by atoms with Crippen LogP contribution in [-0.4, -0.2) is 15.7 Å². The van der Waals surface area contributed by atoms with Crippen molar-refractivity contribution in [2.75, 3.05) is 0 Å². The molecule has 2 atom stereocenters. The third kappa shape index (κ3) is 2.27. The van der Waals surface area contributed by atoms with Crippen LogP contribution in [0.1, 0.15) is 25.1 Å². The maximum atomic E-state index is 14.5. The van der Waals surface area contributed by atoms with Gasteiger partial charge in [-0.3, -0.25) is 0 Å². The van der Waals surface area contributed by atoms with Gasteiger partial charge < -0.3 is 4.57 Å². The molecule has 0 bridgehead atoms. The monoisotopic (exact) mass is 318 g/mol. The second-order valence-corrected chi connectivity index (χ2v) is 6.09. The average molecular weight is 318 g/mol. The van der Waals surface area contributed by atoms with E-state index < -0.39 is 23.7 Å². The molecule has 2 nitrogen and oxygen atoms in total. The normalized spacial score (nSPS) is 22.4. The van der Waals surface area contributed by atoms with Gasteiger partial charge in [0.05, 0.1) is 23.2 Å². The van der Waals surface area contributed by atoms with Crippen molar-refractivity contribution in [1.82, 2.24) is 9.55 Å². The van der Waals surface area contributed by atoms with Crippen LogP contribution >= 0.6 is 0 Å². The Morgan fingerprint density at radius 3 is 2.59 bits per heavy atom. The molecule has 2 aromatic heterocycles. The summed E-state index contributed by atoms with van der Waals surface area (Å²) >= 11 is 0. The van der Waals surface area contributed by atoms with Crippen molar-refractivity contribution < 1.29 is 22.0 Å². The Labute approximate surface area is 123 Å². The molecule has 0 N–H and O–H groups in total. The standard InChI is InChI=1S/C15H15F5N2/c1-7(2)9-4-12-13(17)10-3-8(15(18,19)20)5-21-14(10)22(12)6-11(9)16/h3,5,7,9,11H,4,6H2,1-2H3. The van der Waals surface area contributed by atoms with E-state index in [1.807, 2.05) is 13.8 Å². The number of hydrogen-bond donors (Lipinski definition) is 0. The number of aromatic nitrogens is 2. The molecule has 2 aromatic rings. The quantitative estimate of drug-likeness (QED) is 0.714. The molecule has 0 aromatic carbocycles. The summed E-state index contributed by atoms with van der Waals surface area (Å²) in [5.41, 5.74) is -0.682. The zero-order valence-corrected chi connectivity index (χ0v) is 12.1. The number of rotatable bonds is 1. The Kier molecular flexibility index (Phi) is 3.41. The van der Waals surface area contributed by atoms with Crippen LogP contribution in [0.4, 0.5) is 22.0 Å². The van der Waals surface area contributed by atoms with Crippen molar-refractivity contribution in [1.29, 1.82) is 0 Å². The molecule has 3 rings (SSSR count). The van der Waals surface area contributed by atoms with E-state index in [2.05, 4.69) is 4.98 Å². The predicted molar refractivity (Wildman–Crippen MR) is 71.6 cm³/mol. The van der Waals surface area contributed by atoms with Crippen molar-refractivity contribution >= 4 is 11.0 Å². The van der Waals surface area contributed by atoms with E-state index >= 15 is 0 Å². The summed E-state index contributed by atoms with van der Waals surface area (Å²) in [6, 6.07) is 0.751. The molecule has 0 fully saturated rings. The number of pyridine rings is 1. The minimum atomic E-state index is -4.58. The van der Waals surface area contributed by atoms with E-state index in [1.165, 1.54) is 4.57 Å². The Morgan fingerprint density at radius 2 is 2.00 bits per heavy atom. The molecule has 0 spiro atoms. The van der Waals surface area contributed by atoms with Gasteiger partial charge in [-0.25, -0.2) is 13.8 Å². The van der Waals surface area contributed by atoms with Crippen LogP contribution in [0, 0.1) is 17.7 Å². The second kappa shape index (κ2) is 4.93. The first-order valence-corrected chi connectivity index (χ1v) is 7.08. The molecule has 1 aliphatic rings. The first kappa shape index (κ1) is 15.2. The molecule has 0 radical (unpaired) electrons. The molecular formula is C15H15F5N2. The van der Waals surface area contributed by atoms with Crippen LogP contribution < -0.4 is 0 Å². The van der Waals surface area contributed by atoms with Crippen LogP contribution in [0.3, 0.4) is 0 Å². The zero-order valence-electron chi connectivity index (χ0n) is 12.1. The SMILES string of the molecule is CC(C)C1Cc2c(F)c3cc(C(F)(F)F)cnc3n2CC1F. The lowest BCUT2D eigenvalue weighted by Crippen LogP contribution is -2.34. The largest absolute Gasteiger partial charge is 0.417 e. The predicted octanol–water partition coefficient (Wildman–Crippen LogP) is 4.36. The van der Waals surface area contributed by atoms with Gasteiger partial charge in [-0.15, -0.1) is 0 Å². The van der Waals surface area contributed by atoms with Gasteiger partial charge in [0.25, 0.3) is 0 Å². The van der Waals surface area contributed by atoms with Crippen molar-refractivity contribution in [3.63, 3.8) is 0 Å². The highest BCUT2D eigenvalue weighted by molar-refractivity contribution is 5.79. The molecule has 3 heterocycles. The maximum Gasteiger partial charge on any atom is 0.417 e. The minimum absolute atomic E-state index is 0.0276. The summed E-state index contributed by atoms with van der Waals surface area (Å²) in [4.78, 5) is 3.72. The van der Waals surface area contributed by atoms with E-state index in [0.717, 1.165) is 6.07 Å². The van der Waals surface area contributed by atoms with Crippen LogP contribution in [0.5, 0.6) is 0 Å². The van der Waals surface area contributed by atoms with Crippen molar-refractivity contribution in [3.05, 3.63) is 29.3 Å². The van der Waals surface area contributed by atoms with E-state index in [4.69, 9.17) is 0 Å². The molecule has 120 valence electrons. The molecule has 22 heavy (non-hydrogen) atoms. The third-order valence-corrected chi connectivity index (χ3v) is 4.37. The first-order chi connectivity index (χ1) is 10.2. The number of alkyl halides is 4. The summed E-state index contributed by atoms with van der Waals surface area (Å²) in [5.74, 6) is -1.03. The van der Waals surface area contributed by atoms with Gasteiger partial charge in [0, 0.05) is 6.20 Å². The maximum absolute atomic E-state index is 14.5. The zero-order chi connectivity index (χ0) is 16.2. The average Bonchev–Trinajstić information content (AvgIpc) is 2.69. The highest BCUT2D eigenvalue weighted by atomic mass is 19.4. The fourth-order valence-electron chi connectivity index (χ4n) is 3.10. The van der Waals surface area contributed by atoms with Gasteiger partial charge in [-0.2, -0.15) is 13.2 Å². The highest BCUT2D eigenvalue weighted by Gasteiger charge is 2.36. The lowest BCUT2D eigenvalue weighted by atomic mass is 9.85.